The molecule has 0 radical (unpaired) electrons. The first kappa shape index (κ1) is 35.1. The van der Waals surface area contributed by atoms with Gasteiger partial charge in [0, 0.05) is 10.8 Å². The first-order valence-corrected chi connectivity index (χ1v) is 16.5. The molecular formula is C37H40Cl4O4. The quantitative estimate of drug-likeness (QED) is 0.172. The van der Waals surface area contributed by atoms with Crippen LogP contribution >= 0.6 is 46.4 Å². The molecule has 0 atom stereocenters. The van der Waals surface area contributed by atoms with E-state index in [9.17, 15) is 20.4 Å². The lowest BCUT2D eigenvalue weighted by molar-refractivity contribution is 0.345. The van der Waals surface area contributed by atoms with E-state index in [1.165, 1.54) is 11.1 Å². The normalized spacial score (nSPS) is 14.5. The lowest BCUT2D eigenvalue weighted by Crippen LogP contribution is -2.30. The fourth-order valence-electron chi connectivity index (χ4n) is 6.38. The lowest BCUT2D eigenvalue weighted by atomic mass is 9.65. The number of hydrogen-bond donors (Lipinski definition) is 4. The maximum Gasteiger partial charge on any atom is 0.152 e. The maximum atomic E-state index is 9.96. The number of aryl methyl sites for hydroxylation is 4. The summed E-state index contributed by atoms with van der Waals surface area (Å²) in [6.45, 7) is 12.0. The van der Waals surface area contributed by atoms with Gasteiger partial charge in [0.05, 0.1) is 20.1 Å². The molecule has 4 aromatic carbocycles. The van der Waals surface area contributed by atoms with Gasteiger partial charge in [0.2, 0.25) is 0 Å². The van der Waals surface area contributed by atoms with E-state index in [0.717, 1.165) is 65.5 Å². The molecule has 8 heteroatoms. The van der Waals surface area contributed by atoms with E-state index in [4.69, 9.17) is 46.4 Å². The van der Waals surface area contributed by atoms with Crippen molar-refractivity contribution in [1.29, 1.82) is 0 Å². The summed E-state index contributed by atoms with van der Waals surface area (Å²) in [6.07, 6.45) is 5.03. The van der Waals surface area contributed by atoms with E-state index < -0.39 is 0 Å². The van der Waals surface area contributed by atoms with Gasteiger partial charge in [-0.3, -0.25) is 0 Å². The summed E-state index contributed by atoms with van der Waals surface area (Å²) in [7, 11) is 0. The van der Waals surface area contributed by atoms with Crippen molar-refractivity contribution in [3.05, 3.63) is 113 Å². The molecule has 0 unspecified atom stereocenters. The number of rotatable bonds is 4. The predicted molar refractivity (Wildman–Crippen MR) is 187 cm³/mol. The standard InChI is InChI=1S/C19H24O2.C18H16Cl4O2/c1-11-7-15(8-12(2)17(11)20)19(5,6)16-9-13(3)18(21)14(4)10-16;19-12-6-10(7-13(20)16(12)23)18(4-2-1-3-5-18)11-8-14(21)17(24)15(22)9-11/h7-10,20-21H,1-6H3;6-9,23-24H,1-5H2. The zero-order valence-electron chi connectivity index (χ0n) is 26.5. The Morgan fingerprint density at radius 1 is 0.489 bits per heavy atom. The van der Waals surface area contributed by atoms with E-state index in [1.807, 2.05) is 52.0 Å². The summed E-state index contributed by atoms with van der Waals surface area (Å²) in [5.41, 5.74) is 7.22. The highest BCUT2D eigenvalue weighted by atomic mass is 35.5. The Bertz CT molecular complexity index is 1530. The molecule has 0 amide bonds. The Morgan fingerprint density at radius 3 is 1.07 bits per heavy atom. The molecule has 240 valence electrons. The molecule has 4 N–H and O–H groups in total. The largest absolute Gasteiger partial charge is 0.507 e. The molecule has 1 fully saturated rings. The van der Waals surface area contributed by atoms with Crippen LogP contribution in [0.2, 0.25) is 20.1 Å². The zero-order chi connectivity index (χ0) is 33.4. The van der Waals surface area contributed by atoms with Crippen molar-refractivity contribution in [3.8, 4) is 23.0 Å². The van der Waals surface area contributed by atoms with Crippen LogP contribution in [0.3, 0.4) is 0 Å². The Kier molecular flexibility index (Phi) is 10.6. The maximum absolute atomic E-state index is 9.96. The van der Waals surface area contributed by atoms with Gasteiger partial charge in [-0.25, -0.2) is 0 Å². The molecule has 1 saturated carbocycles. The molecule has 0 aliphatic heterocycles. The third-order valence-electron chi connectivity index (χ3n) is 9.27. The third kappa shape index (κ3) is 7.00. The second-order valence-corrected chi connectivity index (χ2v) is 14.4. The fourth-order valence-corrected chi connectivity index (χ4v) is 7.36. The van der Waals surface area contributed by atoms with Crippen molar-refractivity contribution in [1.82, 2.24) is 0 Å². The van der Waals surface area contributed by atoms with Gasteiger partial charge in [-0.05, 0) is 109 Å². The summed E-state index contributed by atoms with van der Waals surface area (Å²) >= 11 is 24.6. The van der Waals surface area contributed by atoms with Crippen molar-refractivity contribution < 1.29 is 20.4 Å². The molecule has 0 bridgehead atoms. The molecule has 4 nitrogen and oxygen atoms in total. The summed E-state index contributed by atoms with van der Waals surface area (Å²) < 4.78 is 0. The summed E-state index contributed by atoms with van der Waals surface area (Å²) in [4.78, 5) is 0. The Hall–Kier alpha value is -2.76. The van der Waals surface area contributed by atoms with Crippen LogP contribution in [0.5, 0.6) is 23.0 Å². The highest BCUT2D eigenvalue weighted by Gasteiger charge is 2.37. The molecule has 0 spiro atoms. The van der Waals surface area contributed by atoms with Crippen LogP contribution in [0, 0.1) is 27.7 Å². The van der Waals surface area contributed by atoms with Crippen LogP contribution < -0.4 is 0 Å². The van der Waals surface area contributed by atoms with E-state index >= 15 is 0 Å². The van der Waals surface area contributed by atoms with E-state index in [2.05, 4.69) is 13.8 Å². The van der Waals surface area contributed by atoms with Crippen LogP contribution in [0.4, 0.5) is 0 Å². The number of halogens is 4. The first-order valence-electron chi connectivity index (χ1n) is 15.0. The molecule has 5 rings (SSSR count). The van der Waals surface area contributed by atoms with Gasteiger partial charge < -0.3 is 20.4 Å². The molecule has 1 aliphatic carbocycles. The van der Waals surface area contributed by atoms with E-state index in [1.54, 1.807) is 24.3 Å². The smallest absolute Gasteiger partial charge is 0.152 e. The zero-order valence-corrected chi connectivity index (χ0v) is 29.5. The fraction of sp³-hybridized carbons (Fsp3) is 0.351. The Labute approximate surface area is 286 Å². The molecule has 0 aromatic heterocycles. The topological polar surface area (TPSA) is 80.9 Å². The van der Waals surface area contributed by atoms with Gasteiger partial charge in [0.15, 0.2) is 11.5 Å². The Balaban J connectivity index is 0.000000207. The minimum absolute atomic E-state index is 0.116. The number of phenols is 4. The van der Waals surface area contributed by atoms with Gasteiger partial charge in [-0.2, -0.15) is 0 Å². The number of benzene rings is 4. The van der Waals surface area contributed by atoms with Crippen LogP contribution in [0.15, 0.2) is 48.5 Å². The second-order valence-electron chi connectivity index (χ2n) is 12.8. The molecule has 45 heavy (non-hydrogen) atoms. The lowest BCUT2D eigenvalue weighted by Gasteiger charge is -2.39. The van der Waals surface area contributed by atoms with Crippen molar-refractivity contribution in [2.75, 3.05) is 0 Å². The highest BCUT2D eigenvalue weighted by molar-refractivity contribution is 6.37. The molecule has 0 saturated heterocycles. The SMILES string of the molecule is Cc1cc(C(C)(C)c2cc(C)c(O)c(C)c2)cc(C)c1O.Oc1c(Cl)cc(C2(c3cc(Cl)c(O)c(Cl)c3)CCCCC2)cc1Cl. The average molecular weight is 691 g/mol. The average Bonchev–Trinajstić information content (AvgIpc) is 2.99. The van der Waals surface area contributed by atoms with Crippen LogP contribution in [0.1, 0.15) is 90.5 Å². The van der Waals surface area contributed by atoms with Crippen LogP contribution in [-0.4, -0.2) is 20.4 Å². The van der Waals surface area contributed by atoms with Gasteiger partial charge in [0.1, 0.15) is 11.5 Å². The Morgan fingerprint density at radius 2 is 0.778 bits per heavy atom. The van der Waals surface area contributed by atoms with Crippen molar-refractivity contribution >= 4 is 46.4 Å². The van der Waals surface area contributed by atoms with Crippen LogP contribution in [-0.2, 0) is 10.8 Å². The molecular weight excluding hydrogens is 650 g/mol. The van der Waals surface area contributed by atoms with Gasteiger partial charge >= 0.3 is 0 Å². The van der Waals surface area contributed by atoms with Gasteiger partial charge in [-0.15, -0.1) is 0 Å². The first-order chi connectivity index (χ1) is 21.0. The van der Waals surface area contributed by atoms with Gasteiger partial charge in [0.25, 0.3) is 0 Å². The number of aromatic hydroxyl groups is 4. The number of hydrogen-bond acceptors (Lipinski definition) is 4. The summed E-state index contributed by atoms with van der Waals surface area (Å²) in [5.74, 6) is 0.505. The minimum Gasteiger partial charge on any atom is -0.507 e. The van der Waals surface area contributed by atoms with Crippen molar-refractivity contribution in [2.45, 2.75) is 84.5 Å². The van der Waals surface area contributed by atoms with Crippen molar-refractivity contribution in [2.24, 2.45) is 0 Å². The van der Waals surface area contributed by atoms with E-state index in [-0.39, 0.29) is 42.4 Å². The summed E-state index contributed by atoms with van der Waals surface area (Å²) in [6, 6.07) is 15.2. The monoisotopic (exact) mass is 688 g/mol. The molecule has 0 heterocycles. The second kappa shape index (κ2) is 13.5. The molecule has 4 aromatic rings. The molecule has 1 aliphatic rings. The third-order valence-corrected chi connectivity index (χ3v) is 10.4. The minimum atomic E-state index is -0.347. The predicted octanol–water partition coefficient (Wildman–Crippen LogP) is 11.6. The van der Waals surface area contributed by atoms with Gasteiger partial charge in [-0.1, -0.05) is 104 Å². The highest BCUT2D eigenvalue weighted by Crippen LogP contribution is 2.50. The van der Waals surface area contributed by atoms with Crippen molar-refractivity contribution in [3.63, 3.8) is 0 Å². The number of phenolic OH excluding ortho intramolecular Hbond substituents is 4. The van der Waals surface area contributed by atoms with Crippen LogP contribution in [0.25, 0.3) is 0 Å². The summed E-state index contributed by atoms with van der Waals surface area (Å²) in [5, 5.41) is 40.5. The van der Waals surface area contributed by atoms with E-state index in [0.29, 0.717) is 11.5 Å².